The molecule has 0 fully saturated rings. The van der Waals surface area contributed by atoms with E-state index in [4.69, 9.17) is 23.7 Å². The van der Waals surface area contributed by atoms with Crippen molar-refractivity contribution in [3.8, 4) is 23.0 Å². The Labute approximate surface area is 248 Å². The number of hydrogen-bond donors (Lipinski definition) is 0. The van der Waals surface area contributed by atoms with Gasteiger partial charge in [0.05, 0.1) is 53.8 Å². The van der Waals surface area contributed by atoms with Crippen LogP contribution in [0.3, 0.4) is 0 Å². The van der Waals surface area contributed by atoms with E-state index in [0.29, 0.717) is 54.5 Å². The van der Waals surface area contributed by atoms with Crippen molar-refractivity contribution in [3.05, 3.63) is 76.9 Å². The summed E-state index contributed by atoms with van der Waals surface area (Å²) in [6.45, 7) is 7.06. The minimum absolute atomic E-state index is 0.166. The van der Waals surface area contributed by atoms with Gasteiger partial charge in [-0.15, -0.1) is 0 Å². The molecule has 0 unspecified atom stereocenters. The predicted molar refractivity (Wildman–Crippen MR) is 157 cm³/mol. The lowest BCUT2D eigenvalue weighted by atomic mass is 9.95. The third-order valence-electron chi connectivity index (χ3n) is 6.12. The first-order valence-electron chi connectivity index (χ1n) is 12.7. The van der Waals surface area contributed by atoms with E-state index in [1.54, 1.807) is 50.3 Å². The van der Waals surface area contributed by atoms with E-state index in [0.717, 1.165) is 0 Å². The molecule has 0 spiro atoms. The Balaban J connectivity index is 1.94. The summed E-state index contributed by atoms with van der Waals surface area (Å²) in [7, 11) is 3.05. The van der Waals surface area contributed by atoms with Crippen LogP contribution in [0.15, 0.2) is 55.9 Å². The third kappa shape index (κ3) is 6.08. The number of nitrogens with zero attached hydrogens (tertiary/aromatic N) is 2. The van der Waals surface area contributed by atoms with Gasteiger partial charge in [-0.05, 0) is 78.2 Å². The van der Waals surface area contributed by atoms with E-state index in [1.165, 1.54) is 37.0 Å². The van der Waals surface area contributed by atoms with Crippen LogP contribution in [0.1, 0.15) is 44.9 Å². The fourth-order valence-corrected chi connectivity index (χ4v) is 6.05. The molecule has 41 heavy (non-hydrogen) atoms. The van der Waals surface area contributed by atoms with Gasteiger partial charge in [0.2, 0.25) is 0 Å². The number of carbonyl (C=O) groups is 2. The fraction of sp³-hybridized carbons (Fsp3) is 0.310. The number of ether oxygens (including phenoxy) is 5. The van der Waals surface area contributed by atoms with Crippen LogP contribution in [0, 0.1) is 0 Å². The van der Waals surface area contributed by atoms with Gasteiger partial charge in [0, 0.05) is 6.92 Å². The zero-order valence-corrected chi connectivity index (χ0v) is 25.8. The van der Waals surface area contributed by atoms with Crippen LogP contribution in [0.5, 0.6) is 23.0 Å². The molecule has 2 heterocycles. The van der Waals surface area contributed by atoms with E-state index >= 15 is 0 Å². The Morgan fingerprint density at radius 3 is 2.44 bits per heavy atom. The number of thiazole rings is 1. The molecule has 12 heteroatoms. The molecule has 0 N–H and O–H groups in total. The van der Waals surface area contributed by atoms with Crippen LogP contribution in [-0.2, 0) is 14.3 Å². The van der Waals surface area contributed by atoms with E-state index in [2.05, 4.69) is 20.9 Å². The van der Waals surface area contributed by atoms with Crippen LogP contribution >= 0.6 is 27.3 Å². The summed E-state index contributed by atoms with van der Waals surface area (Å²) in [5.74, 6) is 0.506. The average Bonchev–Trinajstić information content (AvgIpc) is 3.23. The molecule has 3 aromatic rings. The van der Waals surface area contributed by atoms with Crippen molar-refractivity contribution in [1.82, 2.24) is 4.57 Å². The van der Waals surface area contributed by atoms with Crippen molar-refractivity contribution in [2.75, 3.05) is 27.4 Å². The number of esters is 2. The average molecular weight is 646 g/mol. The summed E-state index contributed by atoms with van der Waals surface area (Å²) in [6.07, 6.45) is 1.70. The highest BCUT2D eigenvalue weighted by molar-refractivity contribution is 9.10. The molecular formula is C29H29BrN2O8S. The molecule has 0 saturated heterocycles. The van der Waals surface area contributed by atoms with Crippen LogP contribution in [0.2, 0.25) is 0 Å². The predicted octanol–water partition coefficient (Wildman–Crippen LogP) is 3.90. The summed E-state index contributed by atoms with van der Waals surface area (Å²) >= 11 is 4.63. The molecule has 4 rings (SSSR count). The molecule has 1 atom stereocenters. The number of allylic oxidation sites excluding steroid dienone is 1. The number of hydrogen-bond acceptors (Lipinski definition) is 10. The molecule has 0 saturated carbocycles. The molecular weight excluding hydrogens is 616 g/mol. The number of carbonyl (C=O) groups excluding carboxylic acids is 2. The first-order valence-corrected chi connectivity index (χ1v) is 14.3. The van der Waals surface area contributed by atoms with Crippen molar-refractivity contribution < 1.29 is 33.3 Å². The second kappa shape index (κ2) is 12.7. The molecule has 0 amide bonds. The summed E-state index contributed by atoms with van der Waals surface area (Å²) < 4.78 is 29.6. The van der Waals surface area contributed by atoms with Crippen LogP contribution < -0.4 is 33.8 Å². The molecule has 1 aliphatic heterocycles. The SMILES string of the molecule is CCOC(=O)C1=C(C)N=c2s/c(=C\c3cc(Br)c(OC(C)=O)c(OCC)c3)c(=O)n2[C@@H]1c1ccc(OC)c(OC)c1. The zero-order chi connectivity index (χ0) is 29.8. The Morgan fingerprint density at radius 1 is 1.07 bits per heavy atom. The van der Waals surface area contributed by atoms with Gasteiger partial charge in [0.1, 0.15) is 0 Å². The standard InChI is InChI=1S/C29H29BrN2O8S/c1-7-38-22-12-17(11-19(30)26(22)40-16(4)33)13-23-27(34)32-25(18-9-10-20(36-5)21(14-18)37-6)24(28(35)39-8-2)15(3)31-29(32)41-23/h9-14,25H,7-8H2,1-6H3/b23-13-/t25-/m1/s1. The van der Waals surface area contributed by atoms with Gasteiger partial charge >= 0.3 is 11.9 Å². The number of halogens is 1. The minimum atomic E-state index is -0.815. The topological polar surface area (TPSA) is 115 Å². The van der Waals surface area contributed by atoms with Crippen molar-refractivity contribution in [1.29, 1.82) is 0 Å². The summed E-state index contributed by atoms with van der Waals surface area (Å²) in [4.78, 5) is 43.8. The minimum Gasteiger partial charge on any atom is -0.493 e. The maximum Gasteiger partial charge on any atom is 0.338 e. The smallest absolute Gasteiger partial charge is 0.338 e. The Bertz CT molecular complexity index is 1720. The van der Waals surface area contributed by atoms with E-state index < -0.39 is 18.0 Å². The summed E-state index contributed by atoms with van der Waals surface area (Å²) in [5.41, 5.74) is 1.61. The summed E-state index contributed by atoms with van der Waals surface area (Å²) in [6, 6.07) is 7.83. The highest BCUT2D eigenvalue weighted by Crippen LogP contribution is 2.38. The number of aromatic nitrogens is 1. The van der Waals surface area contributed by atoms with Gasteiger partial charge in [-0.3, -0.25) is 14.2 Å². The molecule has 1 aromatic heterocycles. The summed E-state index contributed by atoms with van der Waals surface area (Å²) in [5, 5.41) is 0. The first-order chi connectivity index (χ1) is 19.6. The van der Waals surface area contributed by atoms with Gasteiger partial charge in [-0.2, -0.15) is 0 Å². The molecule has 0 aliphatic carbocycles. The Hall–Kier alpha value is -3.90. The van der Waals surface area contributed by atoms with Gasteiger partial charge in [0.15, 0.2) is 27.8 Å². The van der Waals surface area contributed by atoms with Gasteiger partial charge in [0.25, 0.3) is 5.56 Å². The van der Waals surface area contributed by atoms with E-state index in [1.807, 2.05) is 6.92 Å². The van der Waals surface area contributed by atoms with Crippen LogP contribution in [0.4, 0.5) is 0 Å². The number of methoxy groups -OCH3 is 2. The lowest BCUT2D eigenvalue weighted by Crippen LogP contribution is -2.40. The van der Waals surface area contributed by atoms with Crippen molar-refractivity contribution in [2.45, 2.75) is 33.7 Å². The quantitative estimate of drug-likeness (QED) is 0.254. The van der Waals surface area contributed by atoms with E-state index in [9.17, 15) is 14.4 Å². The highest BCUT2D eigenvalue weighted by atomic mass is 79.9. The zero-order valence-electron chi connectivity index (χ0n) is 23.4. The van der Waals surface area contributed by atoms with Gasteiger partial charge in [-0.25, -0.2) is 9.79 Å². The van der Waals surface area contributed by atoms with Crippen LogP contribution in [0.25, 0.3) is 6.08 Å². The molecule has 0 radical (unpaired) electrons. The van der Waals surface area contributed by atoms with Gasteiger partial charge in [-0.1, -0.05) is 17.4 Å². The van der Waals surface area contributed by atoms with E-state index in [-0.39, 0.29) is 23.5 Å². The second-order valence-electron chi connectivity index (χ2n) is 8.77. The number of rotatable bonds is 9. The van der Waals surface area contributed by atoms with Crippen LogP contribution in [-0.4, -0.2) is 43.9 Å². The third-order valence-corrected chi connectivity index (χ3v) is 7.69. The first kappa shape index (κ1) is 30.1. The maximum absolute atomic E-state index is 14.0. The lowest BCUT2D eigenvalue weighted by Gasteiger charge is -2.25. The monoisotopic (exact) mass is 644 g/mol. The van der Waals surface area contributed by atoms with Crippen molar-refractivity contribution in [3.63, 3.8) is 0 Å². The molecule has 1 aliphatic rings. The number of fused-ring (bicyclic) bond motifs is 1. The molecule has 216 valence electrons. The highest BCUT2D eigenvalue weighted by Gasteiger charge is 2.34. The molecule has 0 bridgehead atoms. The molecule has 10 nitrogen and oxygen atoms in total. The fourth-order valence-electron chi connectivity index (χ4n) is 4.46. The normalized spacial score (nSPS) is 14.7. The second-order valence-corrected chi connectivity index (χ2v) is 10.6. The Kier molecular flexibility index (Phi) is 9.34. The largest absolute Gasteiger partial charge is 0.493 e. The molecule has 2 aromatic carbocycles. The maximum atomic E-state index is 14.0. The van der Waals surface area contributed by atoms with Crippen molar-refractivity contribution >= 4 is 45.3 Å². The lowest BCUT2D eigenvalue weighted by molar-refractivity contribution is -0.139. The van der Waals surface area contributed by atoms with Gasteiger partial charge < -0.3 is 23.7 Å². The van der Waals surface area contributed by atoms with Crippen molar-refractivity contribution in [2.24, 2.45) is 4.99 Å². The Morgan fingerprint density at radius 2 is 1.80 bits per heavy atom. The number of benzene rings is 2.